The molecular weight excluding hydrogens is 292 g/mol. The summed E-state index contributed by atoms with van der Waals surface area (Å²) < 4.78 is 4.92. The summed E-state index contributed by atoms with van der Waals surface area (Å²) in [5.74, 6) is 0.715. The molecule has 18 heavy (non-hydrogen) atoms. The van der Waals surface area contributed by atoms with E-state index in [4.69, 9.17) is 0 Å². The summed E-state index contributed by atoms with van der Waals surface area (Å²) >= 11 is 3.52. The highest BCUT2D eigenvalue weighted by Crippen LogP contribution is 2.19. The molecule has 0 aliphatic rings. The molecule has 0 aliphatic carbocycles. The van der Waals surface area contributed by atoms with Crippen LogP contribution >= 0.6 is 15.9 Å². The lowest BCUT2D eigenvalue weighted by Gasteiger charge is -2.02. The number of halogens is 1. The minimum Gasteiger partial charge on any atom is -0.286 e. The lowest BCUT2D eigenvalue weighted by atomic mass is 10.3. The van der Waals surface area contributed by atoms with Gasteiger partial charge in [0, 0.05) is 22.1 Å². The maximum Gasteiger partial charge on any atom is 0.254 e. The molecule has 0 atom stereocenters. The molecule has 0 fully saturated rings. The second-order valence-corrected chi connectivity index (χ2v) is 5.32. The second-order valence-electron chi connectivity index (χ2n) is 4.47. The number of nitrogens with zero attached hydrogens (tertiary/aromatic N) is 4. The van der Waals surface area contributed by atoms with Gasteiger partial charge in [0.15, 0.2) is 5.65 Å². The average Bonchev–Trinajstić information content (AvgIpc) is 2.83. The van der Waals surface area contributed by atoms with E-state index in [0.717, 1.165) is 27.1 Å². The van der Waals surface area contributed by atoms with Gasteiger partial charge >= 0.3 is 0 Å². The van der Waals surface area contributed by atoms with Crippen LogP contribution in [-0.4, -0.2) is 19.2 Å². The third kappa shape index (κ3) is 1.66. The topological polar surface area (TPSA) is 35.1 Å². The Hall–Kier alpha value is -1.62. The highest BCUT2D eigenvalue weighted by molar-refractivity contribution is 9.10. The Morgan fingerprint density at radius 2 is 1.78 bits per heavy atom. The van der Waals surface area contributed by atoms with Crippen LogP contribution < -0.4 is 0 Å². The lowest BCUT2D eigenvalue weighted by molar-refractivity contribution is 0.848. The van der Waals surface area contributed by atoms with Crippen LogP contribution in [0.2, 0.25) is 0 Å². The maximum atomic E-state index is 4.56. The molecule has 0 aromatic carbocycles. The number of aryl methyl sites for hydroxylation is 3. The first kappa shape index (κ1) is 11.5. The molecular formula is C13H13BrN4. The molecule has 0 saturated carbocycles. The van der Waals surface area contributed by atoms with E-state index in [1.807, 2.05) is 23.7 Å². The van der Waals surface area contributed by atoms with E-state index in [9.17, 15) is 0 Å². The zero-order valence-corrected chi connectivity index (χ0v) is 12.1. The van der Waals surface area contributed by atoms with Gasteiger partial charge in [0.25, 0.3) is 5.95 Å². The molecule has 3 heterocycles. The van der Waals surface area contributed by atoms with Crippen LogP contribution in [0.5, 0.6) is 0 Å². The van der Waals surface area contributed by atoms with Crippen LogP contribution in [0.25, 0.3) is 11.6 Å². The van der Waals surface area contributed by atoms with Gasteiger partial charge in [-0.15, -0.1) is 5.10 Å². The Kier molecular flexibility index (Phi) is 2.52. The highest BCUT2D eigenvalue weighted by Gasteiger charge is 2.10. The number of aromatic nitrogens is 4. The van der Waals surface area contributed by atoms with Crippen molar-refractivity contribution in [3.8, 4) is 5.95 Å². The summed E-state index contributed by atoms with van der Waals surface area (Å²) in [4.78, 5) is 4.56. The normalized spacial score (nSPS) is 11.3. The van der Waals surface area contributed by atoms with Gasteiger partial charge in [-0.25, -0.2) is 4.52 Å². The van der Waals surface area contributed by atoms with Crippen molar-refractivity contribution >= 4 is 21.6 Å². The molecule has 0 N–H and O–H groups in total. The fourth-order valence-corrected chi connectivity index (χ4v) is 2.38. The zero-order valence-electron chi connectivity index (χ0n) is 10.5. The fraction of sp³-hybridized carbons (Fsp3) is 0.231. The third-order valence-corrected chi connectivity index (χ3v) is 3.92. The van der Waals surface area contributed by atoms with E-state index < -0.39 is 0 Å². The molecule has 5 heteroatoms. The summed E-state index contributed by atoms with van der Waals surface area (Å²) in [5.41, 5.74) is 4.26. The van der Waals surface area contributed by atoms with Gasteiger partial charge in [0.05, 0.1) is 0 Å². The molecule has 0 aliphatic heterocycles. The van der Waals surface area contributed by atoms with E-state index in [1.165, 1.54) is 0 Å². The SMILES string of the molecule is Cc1cn2nc(-n3c(C)ccc3C)nc2cc1Br. The van der Waals surface area contributed by atoms with Crippen LogP contribution in [0.4, 0.5) is 0 Å². The second kappa shape index (κ2) is 3.95. The van der Waals surface area contributed by atoms with Crippen molar-refractivity contribution in [3.63, 3.8) is 0 Å². The van der Waals surface area contributed by atoms with E-state index in [2.05, 4.69) is 56.6 Å². The van der Waals surface area contributed by atoms with Crippen LogP contribution in [0.15, 0.2) is 28.9 Å². The first-order chi connectivity index (χ1) is 8.56. The Bertz CT molecular complexity index is 680. The number of hydrogen-bond acceptors (Lipinski definition) is 2. The predicted molar refractivity (Wildman–Crippen MR) is 74.2 cm³/mol. The average molecular weight is 305 g/mol. The van der Waals surface area contributed by atoms with Crippen molar-refractivity contribution in [3.05, 3.63) is 45.8 Å². The zero-order chi connectivity index (χ0) is 12.9. The van der Waals surface area contributed by atoms with Crippen molar-refractivity contribution in [2.24, 2.45) is 0 Å². The highest BCUT2D eigenvalue weighted by atomic mass is 79.9. The molecule has 4 nitrogen and oxygen atoms in total. The van der Waals surface area contributed by atoms with Crippen LogP contribution in [0.3, 0.4) is 0 Å². The Morgan fingerprint density at radius 3 is 2.44 bits per heavy atom. The molecule has 3 aromatic heterocycles. The molecule has 3 rings (SSSR count). The smallest absolute Gasteiger partial charge is 0.254 e. The fourth-order valence-electron chi connectivity index (χ4n) is 2.07. The standard InChI is InChI=1S/C13H13BrN4/c1-8-7-17-12(6-11(8)14)15-13(16-17)18-9(2)4-5-10(18)3/h4-7H,1-3H3. The van der Waals surface area contributed by atoms with Gasteiger partial charge in [-0.3, -0.25) is 4.57 Å². The molecule has 92 valence electrons. The summed E-state index contributed by atoms with van der Waals surface area (Å²) in [5, 5.41) is 4.53. The number of pyridine rings is 1. The predicted octanol–water partition coefficient (Wildman–Crippen LogP) is 3.21. The quantitative estimate of drug-likeness (QED) is 0.692. The Labute approximate surface area is 113 Å². The minimum atomic E-state index is 0.715. The first-order valence-corrected chi connectivity index (χ1v) is 6.53. The van der Waals surface area contributed by atoms with Gasteiger partial charge in [0.2, 0.25) is 0 Å². The largest absolute Gasteiger partial charge is 0.286 e. The van der Waals surface area contributed by atoms with Crippen LogP contribution in [-0.2, 0) is 0 Å². The van der Waals surface area contributed by atoms with Gasteiger partial charge in [-0.2, -0.15) is 4.98 Å². The van der Waals surface area contributed by atoms with Crippen molar-refractivity contribution in [1.29, 1.82) is 0 Å². The van der Waals surface area contributed by atoms with E-state index in [-0.39, 0.29) is 0 Å². The van der Waals surface area contributed by atoms with Crippen molar-refractivity contribution in [2.75, 3.05) is 0 Å². The van der Waals surface area contributed by atoms with Gasteiger partial charge in [0.1, 0.15) is 0 Å². The van der Waals surface area contributed by atoms with Crippen LogP contribution in [0.1, 0.15) is 17.0 Å². The van der Waals surface area contributed by atoms with Crippen molar-refractivity contribution in [1.82, 2.24) is 19.2 Å². The number of fused-ring (bicyclic) bond motifs is 1. The Morgan fingerprint density at radius 1 is 1.11 bits per heavy atom. The Balaban J connectivity index is 2.26. The minimum absolute atomic E-state index is 0.715. The van der Waals surface area contributed by atoms with E-state index in [0.29, 0.717) is 5.95 Å². The molecule has 0 unspecified atom stereocenters. The summed E-state index contributed by atoms with van der Waals surface area (Å²) in [6.45, 7) is 6.15. The summed E-state index contributed by atoms with van der Waals surface area (Å²) in [6.07, 6.45) is 1.98. The first-order valence-electron chi connectivity index (χ1n) is 5.74. The van der Waals surface area contributed by atoms with Crippen molar-refractivity contribution in [2.45, 2.75) is 20.8 Å². The van der Waals surface area contributed by atoms with E-state index in [1.54, 1.807) is 0 Å². The van der Waals surface area contributed by atoms with Crippen molar-refractivity contribution < 1.29 is 0 Å². The van der Waals surface area contributed by atoms with Gasteiger partial charge < -0.3 is 0 Å². The number of rotatable bonds is 1. The molecule has 0 bridgehead atoms. The van der Waals surface area contributed by atoms with Crippen LogP contribution in [0, 0.1) is 20.8 Å². The monoisotopic (exact) mass is 304 g/mol. The molecule has 0 saturated heterocycles. The van der Waals surface area contributed by atoms with Gasteiger partial charge in [-0.05, 0) is 44.5 Å². The van der Waals surface area contributed by atoms with E-state index >= 15 is 0 Å². The lowest BCUT2D eigenvalue weighted by Crippen LogP contribution is -2.01. The molecule has 0 amide bonds. The summed E-state index contributed by atoms with van der Waals surface area (Å²) in [6, 6.07) is 6.13. The number of hydrogen-bond donors (Lipinski definition) is 0. The molecule has 3 aromatic rings. The third-order valence-electron chi connectivity index (χ3n) is 3.07. The van der Waals surface area contributed by atoms with Gasteiger partial charge in [-0.1, -0.05) is 15.9 Å². The summed E-state index contributed by atoms with van der Waals surface area (Å²) in [7, 11) is 0. The molecule has 0 spiro atoms. The maximum absolute atomic E-state index is 4.56. The molecule has 0 radical (unpaired) electrons.